The van der Waals surface area contributed by atoms with Crippen molar-refractivity contribution in [3.05, 3.63) is 47.7 Å². The molecule has 1 aliphatic rings. The Kier molecular flexibility index (Phi) is 6.23. The number of methoxy groups -OCH3 is 1. The zero-order valence-corrected chi connectivity index (χ0v) is 18.0. The summed E-state index contributed by atoms with van der Waals surface area (Å²) in [6.07, 6.45) is -2.10. The number of morpholine rings is 1. The molecule has 0 saturated carbocycles. The number of benzene rings is 1. The summed E-state index contributed by atoms with van der Waals surface area (Å²) in [6.45, 7) is 3.45. The lowest BCUT2D eigenvalue weighted by Crippen LogP contribution is -2.44. The molecule has 4 rings (SSSR count). The Balaban J connectivity index is 1.95. The van der Waals surface area contributed by atoms with E-state index >= 15 is 0 Å². The molecule has 0 unspecified atom stereocenters. The molecule has 3 N–H and O–H groups in total. The van der Waals surface area contributed by atoms with Crippen LogP contribution in [-0.2, 0) is 10.9 Å². The summed E-state index contributed by atoms with van der Waals surface area (Å²) in [7, 11) is 1.31. The minimum absolute atomic E-state index is 0.0251. The Labute approximate surface area is 188 Å². The van der Waals surface area contributed by atoms with Crippen molar-refractivity contribution < 1.29 is 22.6 Å². The number of ether oxygens (including phenoxy) is 2. The van der Waals surface area contributed by atoms with Gasteiger partial charge in [0.15, 0.2) is 0 Å². The molecule has 1 fully saturated rings. The van der Waals surface area contributed by atoms with Crippen LogP contribution in [0.15, 0.2) is 36.5 Å². The van der Waals surface area contributed by atoms with Gasteiger partial charge in [0, 0.05) is 24.4 Å². The summed E-state index contributed by atoms with van der Waals surface area (Å²) in [6, 6.07) is 7.02. The van der Waals surface area contributed by atoms with Crippen LogP contribution in [0.25, 0.3) is 11.1 Å². The minimum atomic E-state index is -4.63. The Morgan fingerprint density at radius 2 is 2.09 bits per heavy atom. The Morgan fingerprint density at radius 3 is 2.73 bits per heavy atom. The van der Waals surface area contributed by atoms with Crippen LogP contribution < -0.4 is 15.0 Å². The number of aromatic nitrogens is 3. The quantitative estimate of drug-likeness (QED) is 0.470. The fourth-order valence-corrected chi connectivity index (χ4v) is 3.79. The van der Waals surface area contributed by atoms with Gasteiger partial charge >= 0.3 is 6.18 Å². The molecule has 1 atom stereocenters. The molecule has 11 heteroatoms. The number of pyridine rings is 1. The number of alkyl halides is 3. The van der Waals surface area contributed by atoms with Crippen LogP contribution in [0.4, 0.5) is 30.6 Å². The van der Waals surface area contributed by atoms with Crippen LogP contribution in [-0.4, -0.2) is 54.3 Å². The van der Waals surface area contributed by atoms with Gasteiger partial charge in [-0.25, -0.2) is 4.98 Å². The minimum Gasteiger partial charge on any atom is -0.497 e. The first kappa shape index (κ1) is 22.6. The van der Waals surface area contributed by atoms with Crippen LogP contribution in [0.2, 0.25) is 0 Å². The SMILES string of the molecule is COc1ccc(-c2cc(N3CCOC[C@H]3C)nc(Nc3ccn[nH]3)c2C=N)c(C(F)(F)F)c1. The lowest BCUT2D eigenvalue weighted by molar-refractivity contribution is -0.137. The van der Waals surface area contributed by atoms with Crippen LogP contribution >= 0.6 is 0 Å². The highest BCUT2D eigenvalue weighted by molar-refractivity contribution is 5.97. The monoisotopic (exact) mass is 460 g/mol. The van der Waals surface area contributed by atoms with Crippen LogP contribution in [0, 0.1) is 5.41 Å². The molecule has 0 aliphatic carbocycles. The normalized spacial score (nSPS) is 16.5. The third-order valence-corrected chi connectivity index (χ3v) is 5.43. The van der Waals surface area contributed by atoms with Gasteiger partial charge in [-0.15, -0.1) is 0 Å². The maximum Gasteiger partial charge on any atom is 0.417 e. The number of H-pyrrole nitrogens is 1. The van der Waals surface area contributed by atoms with E-state index < -0.39 is 11.7 Å². The highest BCUT2D eigenvalue weighted by atomic mass is 19.4. The molecule has 0 spiro atoms. The Hall–Kier alpha value is -3.60. The van der Waals surface area contributed by atoms with Crippen molar-refractivity contribution in [3.8, 4) is 16.9 Å². The first-order valence-corrected chi connectivity index (χ1v) is 10.2. The number of rotatable bonds is 6. The first-order valence-electron chi connectivity index (χ1n) is 10.2. The largest absolute Gasteiger partial charge is 0.497 e. The van der Waals surface area contributed by atoms with Crippen LogP contribution in [0.5, 0.6) is 5.75 Å². The standard InChI is InChI=1S/C22H23F3N6O2/c1-13-12-33-8-7-31(13)20-10-16(15-4-3-14(32-2)9-18(15)22(23,24)25)17(11-26)21(29-20)28-19-5-6-27-30-19/h3-6,9-11,13,26H,7-8,12H2,1-2H3,(H2,27,28,29,30)/t13-/m1/s1. The highest BCUT2D eigenvalue weighted by Gasteiger charge is 2.35. The van der Waals surface area contributed by atoms with Crippen molar-refractivity contribution in [2.24, 2.45) is 0 Å². The third kappa shape index (κ3) is 4.63. The van der Waals surface area contributed by atoms with Crippen molar-refractivity contribution in [2.75, 3.05) is 37.1 Å². The fourth-order valence-electron chi connectivity index (χ4n) is 3.79. The van der Waals surface area contributed by atoms with Gasteiger partial charge in [-0.2, -0.15) is 18.3 Å². The maximum absolute atomic E-state index is 14.0. The van der Waals surface area contributed by atoms with E-state index in [4.69, 9.17) is 14.9 Å². The van der Waals surface area contributed by atoms with E-state index in [0.29, 0.717) is 31.4 Å². The maximum atomic E-state index is 14.0. The number of halogens is 3. The second-order valence-corrected chi connectivity index (χ2v) is 7.56. The molecule has 3 heterocycles. The van der Waals surface area contributed by atoms with E-state index in [9.17, 15) is 13.2 Å². The summed E-state index contributed by atoms with van der Waals surface area (Å²) >= 11 is 0. The van der Waals surface area contributed by atoms with Crippen molar-refractivity contribution in [3.63, 3.8) is 0 Å². The topological polar surface area (TPSA) is 99.2 Å². The van der Waals surface area contributed by atoms with Crippen LogP contribution in [0.3, 0.4) is 0 Å². The summed E-state index contributed by atoms with van der Waals surface area (Å²) in [5, 5.41) is 17.7. The van der Waals surface area contributed by atoms with E-state index in [2.05, 4.69) is 20.5 Å². The lowest BCUT2D eigenvalue weighted by Gasteiger charge is -2.35. The van der Waals surface area contributed by atoms with Crippen molar-refractivity contribution in [1.82, 2.24) is 15.2 Å². The Morgan fingerprint density at radius 1 is 1.27 bits per heavy atom. The number of nitrogens with zero attached hydrogens (tertiary/aromatic N) is 3. The third-order valence-electron chi connectivity index (χ3n) is 5.43. The Bertz CT molecular complexity index is 1130. The molecular weight excluding hydrogens is 437 g/mol. The van der Waals surface area contributed by atoms with E-state index in [-0.39, 0.29) is 34.3 Å². The number of hydrogen-bond donors (Lipinski definition) is 3. The smallest absolute Gasteiger partial charge is 0.417 e. The molecule has 1 aromatic carbocycles. The summed E-state index contributed by atoms with van der Waals surface area (Å²) in [5.74, 6) is 1.31. The van der Waals surface area contributed by atoms with Crippen LogP contribution in [0.1, 0.15) is 18.1 Å². The van der Waals surface area contributed by atoms with Gasteiger partial charge in [-0.05, 0) is 36.2 Å². The molecule has 1 saturated heterocycles. The summed E-state index contributed by atoms with van der Waals surface area (Å²) in [4.78, 5) is 6.64. The average molecular weight is 460 g/mol. The van der Waals surface area contributed by atoms with Gasteiger partial charge in [0.1, 0.15) is 23.2 Å². The van der Waals surface area contributed by atoms with E-state index in [1.54, 1.807) is 12.1 Å². The molecule has 174 valence electrons. The molecule has 8 nitrogen and oxygen atoms in total. The van der Waals surface area contributed by atoms with Gasteiger partial charge in [0.05, 0.1) is 38.1 Å². The van der Waals surface area contributed by atoms with Gasteiger partial charge in [0.2, 0.25) is 0 Å². The van der Waals surface area contributed by atoms with E-state index in [1.807, 2.05) is 11.8 Å². The zero-order valence-electron chi connectivity index (χ0n) is 18.0. The van der Waals surface area contributed by atoms with Crippen molar-refractivity contribution in [2.45, 2.75) is 19.1 Å². The molecular formula is C22H23F3N6O2. The number of anilines is 3. The van der Waals surface area contributed by atoms with Crippen molar-refractivity contribution in [1.29, 1.82) is 5.41 Å². The number of aromatic amines is 1. The van der Waals surface area contributed by atoms with Crippen molar-refractivity contribution >= 4 is 23.7 Å². The predicted octanol–water partition coefficient (Wildman–Crippen LogP) is 4.47. The number of nitrogens with one attached hydrogen (secondary N) is 3. The second-order valence-electron chi connectivity index (χ2n) is 7.56. The molecule has 3 aromatic rings. The number of hydrogen-bond acceptors (Lipinski definition) is 7. The molecule has 33 heavy (non-hydrogen) atoms. The predicted molar refractivity (Wildman–Crippen MR) is 119 cm³/mol. The second kappa shape index (κ2) is 9.10. The molecule has 1 aliphatic heterocycles. The fraction of sp³-hybridized carbons (Fsp3) is 0.318. The lowest BCUT2D eigenvalue weighted by atomic mass is 9.95. The summed E-state index contributed by atoms with van der Waals surface area (Å²) < 4.78 is 52.6. The average Bonchev–Trinajstić information content (AvgIpc) is 3.31. The molecule has 0 radical (unpaired) electrons. The summed E-state index contributed by atoms with van der Waals surface area (Å²) in [5.41, 5.74) is -0.487. The van der Waals surface area contributed by atoms with Gasteiger partial charge in [0.25, 0.3) is 0 Å². The van der Waals surface area contributed by atoms with E-state index in [0.717, 1.165) is 12.3 Å². The van der Waals surface area contributed by atoms with Gasteiger partial charge < -0.3 is 25.1 Å². The first-order chi connectivity index (χ1) is 15.8. The van der Waals surface area contributed by atoms with E-state index in [1.165, 1.54) is 25.4 Å². The molecule has 0 amide bonds. The molecule has 0 bridgehead atoms. The highest BCUT2D eigenvalue weighted by Crippen LogP contribution is 2.42. The molecule has 2 aromatic heterocycles. The van der Waals surface area contributed by atoms with Gasteiger partial charge in [-0.3, -0.25) is 5.10 Å². The van der Waals surface area contributed by atoms with Gasteiger partial charge in [-0.1, -0.05) is 6.07 Å². The zero-order chi connectivity index (χ0) is 23.6.